The van der Waals surface area contributed by atoms with Crippen LogP contribution >= 0.6 is 24.8 Å². The lowest BCUT2D eigenvalue weighted by Gasteiger charge is -2.24. The number of fused-ring (bicyclic) bond motifs is 1. The smallest absolute Gasteiger partial charge is 0.134 e. The molecule has 6 heteroatoms. The van der Waals surface area contributed by atoms with Gasteiger partial charge in [0.25, 0.3) is 0 Å². The predicted molar refractivity (Wildman–Crippen MR) is 102 cm³/mol. The van der Waals surface area contributed by atoms with E-state index in [4.69, 9.17) is 15.2 Å². The average Bonchev–Trinajstić information content (AvgIpc) is 2.78. The van der Waals surface area contributed by atoms with Crippen molar-refractivity contribution in [1.29, 1.82) is 0 Å². The third kappa shape index (κ3) is 4.66. The highest BCUT2D eigenvalue weighted by Gasteiger charge is 2.38. The molecule has 0 spiro atoms. The highest BCUT2D eigenvalue weighted by atomic mass is 35.5. The highest BCUT2D eigenvalue weighted by molar-refractivity contribution is 5.85. The molecule has 1 aromatic rings. The number of halogens is 2. The molecule has 0 aliphatic carbocycles. The molecule has 4 nitrogen and oxygen atoms in total. The number of hydrogen-bond donors (Lipinski definition) is 1. The number of hydrogen-bond acceptors (Lipinski definition) is 4. The van der Waals surface area contributed by atoms with Crippen LogP contribution in [0.4, 0.5) is 5.69 Å². The molecule has 1 unspecified atom stereocenters. The SMILES string of the molecule is Cc1c(C)c2c(c(C)c1N)CC(C)(COCCN(C)C)O2.Cl.Cl. The first-order valence-electron chi connectivity index (χ1n) is 7.55. The Morgan fingerprint density at radius 2 is 1.74 bits per heavy atom. The number of likely N-dealkylation sites (N-methyl/N-ethyl adjacent to an activating group) is 1. The molecule has 0 saturated carbocycles. The molecule has 2 rings (SSSR count). The van der Waals surface area contributed by atoms with E-state index in [-0.39, 0.29) is 30.4 Å². The van der Waals surface area contributed by atoms with Gasteiger partial charge in [-0.05, 0) is 58.5 Å². The summed E-state index contributed by atoms with van der Waals surface area (Å²) in [6, 6.07) is 0. The Bertz CT molecular complexity index is 511. The summed E-state index contributed by atoms with van der Waals surface area (Å²) >= 11 is 0. The van der Waals surface area contributed by atoms with Gasteiger partial charge in [0.05, 0.1) is 13.2 Å². The van der Waals surface area contributed by atoms with Crippen molar-refractivity contribution >= 4 is 30.5 Å². The molecule has 0 radical (unpaired) electrons. The van der Waals surface area contributed by atoms with Crippen molar-refractivity contribution in [3.8, 4) is 5.75 Å². The summed E-state index contributed by atoms with van der Waals surface area (Å²) in [6.07, 6.45) is 0.863. The first-order valence-corrected chi connectivity index (χ1v) is 7.55. The lowest BCUT2D eigenvalue weighted by atomic mass is 9.92. The maximum absolute atomic E-state index is 6.25. The zero-order chi connectivity index (χ0) is 15.8. The summed E-state index contributed by atoms with van der Waals surface area (Å²) in [4.78, 5) is 2.12. The van der Waals surface area contributed by atoms with Crippen LogP contribution < -0.4 is 10.5 Å². The molecular formula is C17H30Cl2N2O2. The van der Waals surface area contributed by atoms with Crippen molar-refractivity contribution in [2.75, 3.05) is 39.6 Å². The minimum Gasteiger partial charge on any atom is -0.484 e. The van der Waals surface area contributed by atoms with Crippen LogP contribution in [0, 0.1) is 20.8 Å². The van der Waals surface area contributed by atoms with Gasteiger partial charge in [-0.1, -0.05) is 0 Å². The van der Waals surface area contributed by atoms with Crippen LogP contribution in [0.25, 0.3) is 0 Å². The Hall–Kier alpha value is -0.680. The molecule has 1 aliphatic rings. The van der Waals surface area contributed by atoms with Crippen molar-refractivity contribution in [1.82, 2.24) is 4.90 Å². The van der Waals surface area contributed by atoms with Crippen LogP contribution in [0.3, 0.4) is 0 Å². The normalized spacial score (nSPS) is 18.9. The zero-order valence-electron chi connectivity index (χ0n) is 15.0. The van der Waals surface area contributed by atoms with Crippen molar-refractivity contribution in [2.45, 2.75) is 39.7 Å². The Morgan fingerprint density at radius 1 is 1.13 bits per heavy atom. The zero-order valence-corrected chi connectivity index (χ0v) is 16.6. The van der Waals surface area contributed by atoms with Gasteiger partial charge in [0.15, 0.2) is 0 Å². The van der Waals surface area contributed by atoms with Gasteiger partial charge < -0.3 is 20.1 Å². The van der Waals surface area contributed by atoms with Crippen LogP contribution in [0.2, 0.25) is 0 Å². The summed E-state index contributed by atoms with van der Waals surface area (Å²) in [5.74, 6) is 1.01. The van der Waals surface area contributed by atoms with Gasteiger partial charge in [-0.3, -0.25) is 0 Å². The first kappa shape index (κ1) is 22.3. The van der Waals surface area contributed by atoms with Crippen LogP contribution in [-0.4, -0.2) is 44.4 Å². The fraction of sp³-hybridized carbons (Fsp3) is 0.647. The number of ether oxygens (including phenoxy) is 2. The Kier molecular flexibility index (Phi) is 8.18. The molecule has 0 aromatic heterocycles. The Morgan fingerprint density at radius 3 is 2.30 bits per heavy atom. The molecule has 1 heterocycles. The van der Waals surface area contributed by atoms with E-state index >= 15 is 0 Å². The van der Waals surface area contributed by atoms with Gasteiger partial charge in [0, 0.05) is 24.2 Å². The second-order valence-corrected chi connectivity index (χ2v) is 6.68. The third-order valence-electron chi connectivity index (χ3n) is 4.43. The molecule has 23 heavy (non-hydrogen) atoms. The molecule has 0 saturated heterocycles. The monoisotopic (exact) mass is 364 g/mol. The van der Waals surface area contributed by atoms with Crippen molar-refractivity contribution in [2.24, 2.45) is 0 Å². The quantitative estimate of drug-likeness (QED) is 0.643. The minimum atomic E-state index is -0.287. The van der Waals surface area contributed by atoms with Crippen molar-refractivity contribution in [3.05, 3.63) is 22.3 Å². The fourth-order valence-electron chi connectivity index (χ4n) is 2.84. The van der Waals surface area contributed by atoms with E-state index < -0.39 is 0 Å². The molecule has 1 aliphatic heterocycles. The molecule has 1 atom stereocenters. The lowest BCUT2D eigenvalue weighted by Crippen LogP contribution is -2.37. The van der Waals surface area contributed by atoms with Crippen molar-refractivity contribution < 1.29 is 9.47 Å². The number of benzene rings is 1. The van der Waals surface area contributed by atoms with Gasteiger partial charge in [-0.25, -0.2) is 0 Å². The Labute approximate surface area is 152 Å². The van der Waals surface area contributed by atoms with Crippen LogP contribution in [0.1, 0.15) is 29.2 Å². The van der Waals surface area contributed by atoms with E-state index in [9.17, 15) is 0 Å². The maximum atomic E-state index is 6.25. The number of anilines is 1. The minimum absolute atomic E-state index is 0. The van der Waals surface area contributed by atoms with E-state index in [1.165, 1.54) is 5.56 Å². The molecule has 0 amide bonds. The molecule has 134 valence electrons. The second kappa shape index (κ2) is 8.43. The van der Waals surface area contributed by atoms with Crippen LogP contribution in [-0.2, 0) is 11.2 Å². The van der Waals surface area contributed by atoms with Gasteiger partial charge in [-0.15, -0.1) is 24.8 Å². The fourth-order valence-corrected chi connectivity index (χ4v) is 2.84. The second-order valence-electron chi connectivity index (χ2n) is 6.68. The highest BCUT2D eigenvalue weighted by Crippen LogP contribution is 2.43. The van der Waals surface area contributed by atoms with E-state index in [2.05, 4.69) is 32.6 Å². The van der Waals surface area contributed by atoms with Gasteiger partial charge in [0.2, 0.25) is 0 Å². The number of nitrogens with two attached hydrogens (primary N) is 1. The summed E-state index contributed by atoms with van der Waals surface area (Å²) in [6.45, 7) is 10.6. The summed E-state index contributed by atoms with van der Waals surface area (Å²) in [5, 5.41) is 0. The number of rotatable bonds is 5. The predicted octanol–water partition coefficient (Wildman–Crippen LogP) is 3.31. The third-order valence-corrected chi connectivity index (χ3v) is 4.43. The largest absolute Gasteiger partial charge is 0.484 e. The summed E-state index contributed by atoms with van der Waals surface area (Å²) in [5.41, 5.74) is 11.5. The van der Waals surface area contributed by atoms with E-state index in [0.717, 1.165) is 47.7 Å². The average molecular weight is 365 g/mol. The standard InChI is InChI=1S/C17H28N2O2.2ClH/c1-11-12(2)16-14(13(3)15(11)18)9-17(4,21-16)10-20-8-7-19(5)6;;/h7-10,18H2,1-6H3;2*1H. The number of nitrogen functional groups attached to an aromatic ring is 1. The lowest BCUT2D eigenvalue weighted by molar-refractivity contribution is -0.00528. The van der Waals surface area contributed by atoms with E-state index in [1.807, 2.05) is 14.1 Å². The van der Waals surface area contributed by atoms with E-state index in [1.54, 1.807) is 0 Å². The van der Waals surface area contributed by atoms with Crippen molar-refractivity contribution in [3.63, 3.8) is 0 Å². The summed E-state index contributed by atoms with van der Waals surface area (Å²) in [7, 11) is 4.09. The van der Waals surface area contributed by atoms with Crippen LogP contribution in [0.5, 0.6) is 5.75 Å². The molecule has 1 aromatic carbocycles. The van der Waals surface area contributed by atoms with Gasteiger partial charge in [0.1, 0.15) is 11.4 Å². The molecule has 0 fully saturated rings. The molecule has 0 bridgehead atoms. The van der Waals surface area contributed by atoms with Gasteiger partial charge in [-0.2, -0.15) is 0 Å². The van der Waals surface area contributed by atoms with Crippen LogP contribution in [0.15, 0.2) is 0 Å². The number of nitrogens with zero attached hydrogens (tertiary/aromatic N) is 1. The summed E-state index contributed by atoms with van der Waals surface area (Å²) < 4.78 is 12.1. The first-order chi connectivity index (χ1) is 9.75. The maximum Gasteiger partial charge on any atom is 0.134 e. The Balaban J connectivity index is 0.00000242. The van der Waals surface area contributed by atoms with Gasteiger partial charge >= 0.3 is 0 Å². The topological polar surface area (TPSA) is 47.7 Å². The molecular weight excluding hydrogens is 335 g/mol. The molecule has 2 N–H and O–H groups in total. The van der Waals surface area contributed by atoms with E-state index in [0.29, 0.717) is 6.61 Å².